The topological polar surface area (TPSA) is 67.3 Å². The molecule has 1 aliphatic rings. The van der Waals surface area contributed by atoms with Crippen molar-refractivity contribution in [1.29, 1.82) is 0 Å². The molecule has 0 aromatic carbocycles. The van der Waals surface area contributed by atoms with Gasteiger partial charge in [-0.1, -0.05) is 6.42 Å². The number of pyridine rings is 1. The first-order valence-electron chi connectivity index (χ1n) is 6.53. The molecule has 20 heavy (non-hydrogen) atoms. The summed E-state index contributed by atoms with van der Waals surface area (Å²) < 4.78 is 39.6. The molecule has 1 unspecified atom stereocenters. The SMILES string of the molecule is CC(=O)CC1CCCCN1S(=O)(=O)c1cncc(F)c1. The lowest BCUT2D eigenvalue weighted by molar-refractivity contribution is -0.118. The van der Waals surface area contributed by atoms with Crippen molar-refractivity contribution in [3.63, 3.8) is 0 Å². The van der Waals surface area contributed by atoms with Crippen LogP contribution in [0, 0.1) is 5.82 Å². The summed E-state index contributed by atoms with van der Waals surface area (Å²) in [6, 6.07) is 0.622. The lowest BCUT2D eigenvalue weighted by atomic mass is 10.0. The fourth-order valence-electron chi connectivity index (χ4n) is 2.50. The van der Waals surface area contributed by atoms with E-state index in [4.69, 9.17) is 0 Å². The van der Waals surface area contributed by atoms with Crippen molar-refractivity contribution in [3.05, 3.63) is 24.3 Å². The summed E-state index contributed by atoms with van der Waals surface area (Å²) >= 11 is 0. The minimum absolute atomic E-state index is 0.0468. The predicted octanol–water partition coefficient (Wildman–Crippen LogP) is 1.74. The number of hydrogen-bond donors (Lipinski definition) is 0. The number of Topliss-reactive ketones (excluding diaryl/α,β-unsaturated/α-hetero) is 1. The summed E-state index contributed by atoms with van der Waals surface area (Å²) in [7, 11) is -3.80. The fraction of sp³-hybridized carbons (Fsp3) is 0.538. The Morgan fingerprint density at radius 3 is 2.85 bits per heavy atom. The Kier molecular flexibility index (Phi) is 4.49. The average molecular weight is 300 g/mol. The van der Waals surface area contributed by atoms with Gasteiger partial charge in [0.15, 0.2) is 0 Å². The Morgan fingerprint density at radius 2 is 2.20 bits per heavy atom. The number of carbonyl (C=O) groups excluding carboxylic acids is 1. The van der Waals surface area contributed by atoms with Crippen LogP contribution < -0.4 is 0 Å². The molecule has 0 spiro atoms. The van der Waals surface area contributed by atoms with Gasteiger partial charge in [-0.2, -0.15) is 4.31 Å². The molecule has 1 aliphatic heterocycles. The van der Waals surface area contributed by atoms with Crippen LogP contribution in [0.15, 0.2) is 23.4 Å². The molecule has 0 aliphatic carbocycles. The van der Waals surface area contributed by atoms with Gasteiger partial charge < -0.3 is 0 Å². The van der Waals surface area contributed by atoms with Crippen LogP contribution in [0.5, 0.6) is 0 Å². The smallest absolute Gasteiger partial charge is 0.244 e. The number of piperidine rings is 1. The zero-order valence-corrected chi connectivity index (χ0v) is 12.1. The monoisotopic (exact) mass is 300 g/mol. The van der Waals surface area contributed by atoms with E-state index in [1.54, 1.807) is 0 Å². The number of hydrogen-bond acceptors (Lipinski definition) is 4. The maximum Gasteiger partial charge on any atom is 0.244 e. The lowest BCUT2D eigenvalue weighted by Gasteiger charge is -2.34. The quantitative estimate of drug-likeness (QED) is 0.849. The fourth-order valence-corrected chi connectivity index (χ4v) is 4.16. The maximum atomic E-state index is 13.2. The molecule has 0 saturated carbocycles. The van der Waals surface area contributed by atoms with Crippen molar-refractivity contribution < 1.29 is 17.6 Å². The first-order valence-corrected chi connectivity index (χ1v) is 7.97. The molecule has 0 bridgehead atoms. The maximum absolute atomic E-state index is 13.2. The van der Waals surface area contributed by atoms with Gasteiger partial charge in [-0.3, -0.25) is 9.78 Å². The Labute approximate surface area is 117 Å². The van der Waals surface area contributed by atoms with Crippen molar-refractivity contribution >= 4 is 15.8 Å². The van der Waals surface area contributed by atoms with Gasteiger partial charge >= 0.3 is 0 Å². The number of nitrogens with zero attached hydrogens (tertiary/aromatic N) is 2. The summed E-state index contributed by atoms with van der Waals surface area (Å²) in [6.45, 7) is 1.81. The number of ketones is 1. The highest BCUT2D eigenvalue weighted by Gasteiger charge is 2.34. The van der Waals surface area contributed by atoms with E-state index >= 15 is 0 Å². The third-order valence-electron chi connectivity index (χ3n) is 3.38. The zero-order valence-electron chi connectivity index (χ0n) is 11.3. The molecule has 110 valence electrons. The third-order valence-corrected chi connectivity index (χ3v) is 5.30. The number of sulfonamides is 1. The lowest BCUT2D eigenvalue weighted by Crippen LogP contribution is -2.44. The average Bonchev–Trinajstić information content (AvgIpc) is 2.38. The van der Waals surface area contributed by atoms with E-state index in [0.717, 1.165) is 31.3 Å². The molecule has 0 amide bonds. The van der Waals surface area contributed by atoms with Gasteiger partial charge in [0.25, 0.3) is 0 Å². The Morgan fingerprint density at radius 1 is 1.45 bits per heavy atom. The van der Waals surface area contributed by atoms with Crippen molar-refractivity contribution in [1.82, 2.24) is 9.29 Å². The molecular formula is C13H17FN2O3S. The van der Waals surface area contributed by atoms with E-state index in [1.807, 2.05) is 0 Å². The van der Waals surface area contributed by atoms with Gasteiger partial charge in [-0.05, 0) is 25.8 Å². The molecule has 2 rings (SSSR count). The molecule has 5 nitrogen and oxygen atoms in total. The molecule has 0 N–H and O–H groups in total. The second-order valence-corrected chi connectivity index (χ2v) is 6.90. The Balaban J connectivity index is 2.33. The minimum atomic E-state index is -3.80. The molecular weight excluding hydrogens is 283 g/mol. The highest BCUT2D eigenvalue weighted by atomic mass is 32.2. The highest BCUT2D eigenvalue weighted by Crippen LogP contribution is 2.27. The minimum Gasteiger partial charge on any atom is -0.300 e. The highest BCUT2D eigenvalue weighted by molar-refractivity contribution is 7.89. The summed E-state index contributed by atoms with van der Waals surface area (Å²) in [5.74, 6) is -0.735. The van der Waals surface area contributed by atoms with Crippen molar-refractivity contribution in [2.24, 2.45) is 0 Å². The second kappa shape index (κ2) is 5.97. The van der Waals surface area contributed by atoms with E-state index in [2.05, 4.69) is 4.98 Å². The molecule has 1 aromatic rings. The summed E-state index contributed by atoms with van der Waals surface area (Å²) in [4.78, 5) is 14.7. The van der Waals surface area contributed by atoms with E-state index < -0.39 is 15.8 Å². The number of halogens is 1. The van der Waals surface area contributed by atoms with E-state index in [9.17, 15) is 17.6 Å². The van der Waals surface area contributed by atoms with Crippen LogP contribution in [0.3, 0.4) is 0 Å². The largest absolute Gasteiger partial charge is 0.300 e. The first kappa shape index (κ1) is 15.1. The number of aromatic nitrogens is 1. The van der Waals surface area contributed by atoms with Crippen LogP contribution in [-0.4, -0.2) is 36.1 Å². The number of carbonyl (C=O) groups is 1. The standard InChI is InChI=1S/C13H17FN2O3S/c1-10(17)6-12-4-2-3-5-16(12)20(18,19)13-7-11(14)8-15-9-13/h7-9,12H,2-6H2,1H3. The van der Waals surface area contributed by atoms with Crippen molar-refractivity contribution in [2.45, 2.75) is 43.5 Å². The van der Waals surface area contributed by atoms with Gasteiger partial charge in [0.2, 0.25) is 10.0 Å². The predicted molar refractivity (Wildman–Crippen MR) is 71.0 cm³/mol. The third kappa shape index (κ3) is 3.21. The van der Waals surface area contributed by atoms with Crippen LogP contribution in [0.2, 0.25) is 0 Å². The summed E-state index contributed by atoms with van der Waals surface area (Å²) in [5.41, 5.74) is 0. The van der Waals surface area contributed by atoms with Crippen LogP contribution >= 0.6 is 0 Å². The van der Waals surface area contributed by atoms with E-state index in [0.29, 0.717) is 13.0 Å². The normalized spacial score (nSPS) is 20.8. The molecule has 1 fully saturated rings. The van der Waals surface area contributed by atoms with Gasteiger partial charge in [0.1, 0.15) is 16.5 Å². The molecule has 1 atom stereocenters. The molecule has 7 heteroatoms. The van der Waals surface area contributed by atoms with Gasteiger partial charge in [-0.25, -0.2) is 12.8 Å². The van der Waals surface area contributed by atoms with Crippen LogP contribution in [-0.2, 0) is 14.8 Å². The van der Waals surface area contributed by atoms with Gasteiger partial charge in [0, 0.05) is 25.2 Å². The zero-order chi connectivity index (χ0) is 14.8. The van der Waals surface area contributed by atoms with Crippen LogP contribution in [0.1, 0.15) is 32.6 Å². The second-order valence-electron chi connectivity index (χ2n) is 5.01. The molecule has 1 aromatic heterocycles. The Bertz CT molecular complexity index is 603. The van der Waals surface area contributed by atoms with E-state index in [1.165, 1.54) is 11.2 Å². The molecule has 2 heterocycles. The van der Waals surface area contributed by atoms with Gasteiger partial charge in [-0.15, -0.1) is 0 Å². The van der Waals surface area contributed by atoms with Gasteiger partial charge in [0.05, 0.1) is 6.20 Å². The van der Waals surface area contributed by atoms with E-state index in [-0.39, 0.29) is 23.1 Å². The number of rotatable bonds is 4. The molecule has 0 radical (unpaired) electrons. The van der Waals surface area contributed by atoms with Crippen LogP contribution in [0.25, 0.3) is 0 Å². The summed E-state index contributed by atoms with van der Waals surface area (Å²) in [6.07, 6.45) is 4.59. The molecule has 1 saturated heterocycles. The van der Waals surface area contributed by atoms with Crippen LogP contribution in [0.4, 0.5) is 4.39 Å². The van der Waals surface area contributed by atoms with Crippen molar-refractivity contribution in [3.8, 4) is 0 Å². The summed E-state index contributed by atoms with van der Waals surface area (Å²) in [5, 5.41) is 0. The first-order chi connectivity index (χ1) is 9.41. The van der Waals surface area contributed by atoms with Crippen molar-refractivity contribution in [2.75, 3.05) is 6.54 Å². The Hall–Kier alpha value is -1.34.